The van der Waals surface area contributed by atoms with Crippen LogP contribution in [0.15, 0.2) is 30.0 Å². The molecule has 0 fully saturated rings. The Balaban J connectivity index is 2.48. The van der Waals surface area contributed by atoms with E-state index < -0.39 is 0 Å². The van der Waals surface area contributed by atoms with Crippen molar-refractivity contribution in [2.24, 2.45) is 5.73 Å². The van der Waals surface area contributed by atoms with E-state index >= 15 is 0 Å². The van der Waals surface area contributed by atoms with E-state index in [1.165, 1.54) is 11.3 Å². The Labute approximate surface area is 78.7 Å². The smallest absolute Gasteiger partial charge is 0.0574 e. The number of rotatable bonds is 1. The standard InChI is InChI=1S/C11H14N2/c1-2-13-8-10(12)7-9-5-3-4-6-11(9)13/h3-7H,2,8,12H2,1H3. The Hall–Kier alpha value is -1.44. The number of fused-ring (bicyclic) bond motifs is 1. The van der Waals surface area contributed by atoms with Crippen LogP contribution in [0.5, 0.6) is 0 Å². The fraction of sp³-hybridized carbons (Fsp3) is 0.273. The molecule has 2 nitrogen and oxygen atoms in total. The van der Waals surface area contributed by atoms with Crippen LogP contribution in [-0.4, -0.2) is 13.1 Å². The zero-order valence-corrected chi connectivity index (χ0v) is 7.83. The number of hydrogen-bond donors (Lipinski definition) is 1. The second kappa shape index (κ2) is 3.13. The first-order valence-electron chi connectivity index (χ1n) is 4.61. The molecule has 0 atom stereocenters. The van der Waals surface area contributed by atoms with Gasteiger partial charge in [0, 0.05) is 17.9 Å². The van der Waals surface area contributed by atoms with Gasteiger partial charge in [-0.2, -0.15) is 0 Å². The zero-order chi connectivity index (χ0) is 9.26. The van der Waals surface area contributed by atoms with Crippen molar-refractivity contribution < 1.29 is 0 Å². The van der Waals surface area contributed by atoms with Gasteiger partial charge in [-0.05, 0) is 24.6 Å². The van der Waals surface area contributed by atoms with Crippen molar-refractivity contribution in [1.29, 1.82) is 0 Å². The number of likely N-dealkylation sites (N-methyl/N-ethyl adjacent to an activating group) is 1. The molecule has 1 aromatic carbocycles. The molecule has 1 aliphatic rings. The van der Waals surface area contributed by atoms with Gasteiger partial charge < -0.3 is 10.6 Å². The van der Waals surface area contributed by atoms with E-state index in [0.717, 1.165) is 18.8 Å². The van der Waals surface area contributed by atoms with Gasteiger partial charge in [-0.3, -0.25) is 0 Å². The monoisotopic (exact) mass is 174 g/mol. The lowest BCUT2D eigenvalue weighted by molar-refractivity contribution is 0.864. The van der Waals surface area contributed by atoms with Crippen LogP contribution in [0, 0.1) is 0 Å². The highest BCUT2D eigenvalue weighted by atomic mass is 15.1. The van der Waals surface area contributed by atoms with Crippen molar-refractivity contribution in [2.45, 2.75) is 6.92 Å². The molecule has 0 radical (unpaired) electrons. The van der Waals surface area contributed by atoms with Gasteiger partial charge in [-0.15, -0.1) is 0 Å². The van der Waals surface area contributed by atoms with Crippen molar-refractivity contribution in [1.82, 2.24) is 0 Å². The molecule has 0 bridgehead atoms. The molecule has 0 amide bonds. The number of nitrogens with two attached hydrogens (primary N) is 1. The normalized spacial score (nSPS) is 15.2. The Kier molecular flexibility index (Phi) is 1.97. The summed E-state index contributed by atoms with van der Waals surface area (Å²) >= 11 is 0. The van der Waals surface area contributed by atoms with E-state index in [0.29, 0.717) is 0 Å². The van der Waals surface area contributed by atoms with Crippen molar-refractivity contribution >= 4 is 11.8 Å². The molecule has 2 heteroatoms. The first kappa shape index (κ1) is 8.17. The number of para-hydroxylation sites is 1. The molecule has 13 heavy (non-hydrogen) atoms. The third-order valence-corrected chi connectivity index (χ3v) is 2.37. The van der Waals surface area contributed by atoms with Gasteiger partial charge >= 0.3 is 0 Å². The highest BCUT2D eigenvalue weighted by Crippen LogP contribution is 2.26. The second-order valence-corrected chi connectivity index (χ2v) is 3.29. The van der Waals surface area contributed by atoms with Crippen LogP contribution in [0.25, 0.3) is 6.08 Å². The van der Waals surface area contributed by atoms with Crippen molar-refractivity contribution in [3.05, 3.63) is 35.5 Å². The molecule has 2 rings (SSSR count). The van der Waals surface area contributed by atoms with E-state index in [4.69, 9.17) is 5.73 Å². The molecule has 0 unspecified atom stereocenters. The molecule has 0 aliphatic carbocycles. The second-order valence-electron chi connectivity index (χ2n) is 3.29. The van der Waals surface area contributed by atoms with E-state index in [-0.39, 0.29) is 0 Å². The summed E-state index contributed by atoms with van der Waals surface area (Å²) in [4.78, 5) is 2.28. The van der Waals surface area contributed by atoms with E-state index in [2.05, 4.69) is 36.1 Å². The lowest BCUT2D eigenvalue weighted by Crippen LogP contribution is -2.30. The molecular formula is C11H14N2. The Bertz CT molecular complexity index is 342. The Morgan fingerprint density at radius 1 is 1.38 bits per heavy atom. The average Bonchev–Trinajstić information content (AvgIpc) is 2.16. The maximum Gasteiger partial charge on any atom is 0.0574 e. The minimum Gasteiger partial charge on any atom is -0.401 e. The van der Waals surface area contributed by atoms with Gasteiger partial charge in [0.25, 0.3) is 0 Å². The molecule has 1 aliphatic heterocycles. The SMILES string of the molecule is CCN1CC(N)=Cc2ccccc21. The quantitative estimate of drug-likeness (QED) is 0.703. The largest absolute Gasteiger partial charge is 0.401 e. The van der Waals surface area contributed by atoms with Gasteiger partial charge in [0.05, 0.1) is 6.54 Å². The predicted octanol–water partition coefficient (Wildman–Crippen LogP) is 1.83. The summed E-state index contributed by atoms with van der Waals surface area (Å²) in [6, 6.07) is 8.35. The van der Waals surface area contributed by atoms with Gasteiger partial charge in [0.15, 0.2) is 0 Å². The van der Waals surface area contributed by atoms with Crippen LogP contribution in [-0.2, 0) is 0 Å². The number of anilines is 1. The lowest BCUT2D eigenvalue weighted by Gasteiger charge is -2.28. The van der Waals surface area contributed by atoms with Gasteiger partial charge in [-0.25, -0.2) is 0 Å². The molecule has 0 saturated heterocycles. The number of benzene rings is 1. The molecule has 1 heterocycles. The van der Waals surface area contributed by atoms with Crippen LogP contribution in [0.1, 0.15) is 12.5 Å². The third kappa shape index (κ3) is 1.39. The molecule has 68 valence electrons. The summed E-state index contributed by atoms with van der Waals surface area (Å²) in [7, 11) is 0. The highest BCUT2D eigenvalue weighted by molar-refractivity contribution is 5.72. The minimum absolute atomic E-state index is 0.855. The van der Waals surface area contributed by atoms with Crippen molar-refractivity contribution in [2.75, 3.05) is 18.0 Å². The van der Waals surface area contributed by atoms with E-state index in [1.807, 2.05) is 6.07 Å². The van der Waals surface area contributed by atoms with Gasteiger partial charge in [0.1, 0.15) is 0 Å². The lowest BCUT2D eigenvalue weighted by atomic mass is 10.1. The van der Waals surface area contributed by atoms with Crippen molar-refractivity contribution in [3.8, 4) is 0 Å². The number of hydrogen-bond acceptors (Lipinski definition) is 2. The van der Waals surface area contributed by atoms with Gasteiger partial charge in [-0.1, -0.05) is 18.2 Å². The molecule has 0 spiro atoms. The first-order valence-corrected chi connectivity index (χ1v) is 4.61. The van der Waals surface area contributed by atoms with Crippen LogP contribution in [0.4, 0.5) is 5.69 Å². The van der Waals surface area contributed by atoms with Gasteiger partial charge in [0.2, 0.25) is 0 Å². The molecule has 0 saturated carbocycles. The summed E-state index contributed by atoms with van der Waals surface area (Å²) in [6.07, 6.45) is 2.06. The fourth-order valence-corrected chi connectivity index (χ4v) is 1.73. The highest BCUT2D eigenvalue weighted by Gasteiger charge is 2.13. The minimum atomic E-state index is 0.855. The Morgan fingerprint density at radius 2 is 2.15 bits per heavy atom. The Morgan fingerprint density at radius 3 is 2.92 bits per heavy atom. The van der Waals surface area contributed by atoms with Crippen LogP contribution in [0.3, 0.4) is 0 Å². The fourth-order valence-electron chi connectivity index (χ4n) is 1.73. The average molecular weight is 174 g/mol. The van der Waals surface area contributed by atoms with Crippen LogP contribution >= 0.6 is 0 Å². The maximum atomic E-state index is 5.83. The van der Waals surface area contributed by atoms with E-state index in [9.17, 15) is 0 Å². The van der Waals surface area contributed by atoms with Crippen LogP contribution < -0.4 is 10.6 Å². The first-order chi connectivity index (χ1) is 6.31. The summed E-state index contributed by atoms with van der Waals surface area (Å²) in [6.45, 7) is 4.01. The summed E-state index contributed by atoms with van der Waals surface area (Å²) < 4.78 is 0. The zero-order valence-electron chi connectivity index (χ0n) is 7.83. The summed E-state index contributed by atoms with van der Waals surface area (Å²) in [5, 5.41) is 0. The topological polar surface area (TPSA) is 29.3 Å². The molecule has 2 N–H and O–H groups in total. The van der Waals surface area contributed by atoms with E-state index in [1.54, 1.807) is 0 Å². The molecular weight excluding hydrogens is 160 g/mol. The summed E-state index contributed by atoms with van der Waals surface area (Å²) in [5.41, 5.74) is 9.30. The third-order valence-electron chi connectivity index (χ3n) is 2.37. The molecule has 1 aromatic rings. The van der Waals surface area contributed by atoms with Crippen LogP contribution in [0.2, 0.25) is 0 Å². The summed E-state index contributed by atoms with van der Waals surface area (Å²) in [5.74, 6) is 0. The predicted molar refractivity (Wildman–Crippen MR) is 56.5 cm³/mol. The number of nitrogens with zero attached hydrogens (tertiary/aromatic N) is 1. The maximum absolute atomic E-state index is 5.83. The van der Waals surface area contributed by atoms with Crippen molar-refractivity contribution in [3.63, 3.8) is 0 Å². The molecule has 0 aromatic heterocycles.